The zero-order valence-electron chi connectivity index (χ0n) is 9.67. The summed E-state index contributed by atoms with van der Waals surface area (Å²) in [5, 5.41) is 18.5. The average molecular weight is 286 g/mol. The standard InChI is InChI=1S/C10H11F5N2O2/c1-4-7(19)6(5(3-18)2-17-4)8(16)9(11,12)10(13,14)15/h2,8,18-19H,3,16H2,1H3/t8-/m1/s1. The lowest BCUT2D eigenvalue weighted by atomic mass is 9.95. The highest BCUT2D eigenvalue weighted by atomic mass is 19.4. The van der Waals surface area contributed by atoms with Gasteiger partial charge in [0.1, 0.15) is 11.8 Å². The zero-order valence-corrected chi connectivity index (χ0v) is 9.67. The second-order valence-corrected chi connectivity index (χ2v) is 3.89. The maximum absolute atomic E-state index is 13.2. The number of aromatic hydroxyl groups is 1. The van der Waals surface area contributed by atoms with Crippen LogP contribution >= 0.6 is 0 Å². The fraction of sp³-hybridized carbons (Fsp3) is 0.500. The van der Waals surface area contributed by atoms with Crippen molar-refractivity contribution in [2.45, 2.75) is 31.7 Å². The summed E-state index contributed by atoms with van der Waals surface area (Å²) < 4.78 is 63.1. The molecule has 0 radical (unpaired) electrons. The third-order valence-electron chi connectivity index (χ3n) is 2.61. The molecule has 0 unspecified atom stereocenters. The first kappa shape index (κ1) is 15.6. The summed E-state index contributed by atoms with van der Waals surface area (Å²) in [4.78, 5) is 3.55. The Bertz CT molecular complexity index is 476. The van der Waals surface area contributed by atoms with Crippen molar-refractivity contribution in [2.75, 3.05) is 0 Å². The molecule has 0 spiro atoms. The van der Waals surface area contributed by atoms with E-state index in [1.54, 1.807) is 0 Å². The number of aromatic nitrogens is 1. The van der Waals surface area contributed by atoms with Crippen LogP contribution in [0, 0.1) is 6.92 Å². The molecule has 0 aromatic carbocycles. The SMILES string of the molecule is Cc1ncc(CO)c([C@@H](N)C(F)(F)C(F)(F)F)c1O. The van der Waals surface area contributed by atoms with Crippen LogP contribution in [-0.2, 0) is 6.61 Å². The summed E-state index contributed by atoms with van der Waals surface area (Å²) in [6.07, 6.45) is -4.99. The van der Waals surface area contributed by atoms with Crippen LogP contribution in [0.5, 0.6) is 5.75 Å². The largest absolute Gasteiger partial charge is 0.506 e. The fourth-order valence-corrected chi connectivity index (χ4v) is 1.48. The Labute approximate surface area is 104 Å². The zero-order chi connectivity index (χ0) is 15.0. The molecule has 0 aliphatic carbocycles. The number of nitrogens with zero attached hydrogens (tertiary/aromatic N) is 1. The highest BCUT2D eigenvalue weighted by molar-refractivity contribution is 5.43. The number of aliphatic hydroxyl groups is 1. The van der Waals surface area contributed by atoms with E-state index < -0.39 is 36.1 Å². The maximum Gasteiger partial charge on any atom is 0.455 e. The number of hydrogen-bond acceptors (Lipinski definition) is 4. The Morgan fingerprint density at radius 2 is 1.84 bits per heavy atom. The predicted molar refractivity (Wildman–Crippen MR) is 54.5 cm³/mol. The van der Waals surface area contributed by atoms with E-state index in [0.29, 0.717) is 0 Å². The average Bonchev–Trinajstić information content (AvgIpc) is 2.30. The van der Waals surface area contributed by atoms with E-state index in [1.165, 1.54) is 6.92 Å². The molecule has 0 aliphatic rings. The first-order valence-electron chi connectivity index (χ1n) is 5.02. The Morgan fingerprint density at radius 3 is 2.26 bits per heavy atom. The van der Waals surface area contributed by atoms with Crippen LogP contribution in [0.2, 0.25) is 0 Å². The van der Waals surface area contributed by atoms with Gasteiger partial charge in [0.05, 0.1) is 12.3 Å². The van der Waals surface area contributed by atoms with Crippen LogP contribution in [0.25, 0.3) is 0 Å². The Morgan fingerprint density at radius 1 is 1.32 bits per heavy atom. The Hall–Kier alpha value is -1.48. The minimum Gasteiger partial charge on any atom is -0.506 e. The molecule has 108 valence electrons. The van der Waals surface area contributed by atoms with E-state index >= 15 is 0 Å². The third-order valence-corrected chi connectivity index (χ3v) is 2.61. The van der Waals surface area contributed by atoms with Gasteiger partial charge in [0.15, 0.2) is 0 Å². The molecule has 4 nitrogen and oxygen atoms in total. The number of nitrogens with two attached hydrogens (primary N) is 1. The van der Waals surface area contributed by atoms with Gasteiger partial charge in [-0.2, -0.15) is 22.0 Å². The van der Waals surface area contributed by atoms with Crippen molar-refractivity contribution in [3.63, 3.8) is 0 Å². The van der Waals surface area contributed by atoms with E-state index in [4.69, 9.17) is 10.8 Å². The fourth-order valence-electron chi connectivity index (χ4n) is 1.48. The summed E-state index contributed by atoms with van der Waals surface area (Å²) in [5.74, 6) is -6.13. The molecule has 1 heterocycles. The van der Waals surface area contributed by atoms with Crippen molar-refractivity contribution in [1.29, 1.82) is 0 Å². The molecule has 1 atom stereocenters. The van der Waals surface area contributed by atoms with Crippen molar-refractivity contribution in [3.8, 4) is 5.75 Å². The molecular weight excluding hydrogens is 275 g/mol. The second kappa shape index (κ2) is 4.89. The molecule has 1 rings (SSSR count). The van der Waals surface area contributed by atoms with Crippen molar-refractivity contribution < 1.29 is 32.2 Å². The summed E-state index contributed by atoms with van der Waals surface area (Å²) in [6.45, 7) is 0.330. The van der Waals surface area contributed by atoms with Gasteiger partial charge in [-0.15, -0.1) is 0 Å². The number of aryl methyl sites for hydroxylation is 1. The highest BCUT2D eigenvalue weighted by Gasteiger charge is 2.62. The molecule has 0 saturated heterocycles. The predicted octanol–water partition coefficient (Wildman–Crippen LogP) is 1.79. The number of rotatable bonds is 3. The molecule has 19 heavy (non-hydrogen) atoms. The van der Waals surface area contributed by atoms with E-state index in [0.717, 1.165) is 6.20 Å². The van der Waals surface area contributed by atoms with Crippen LogP contribution in [0.1, 0.15) is 22.9 Å². The van der Waals surface area contributed by atoms with Gasteiger partial charge in [-0.1, -0.05) is 0 Å². The molecule has 4 N–H and O–H groups in total. The first-order valence-corrected chi connectivity index (χ1v) is 5.02. The second-order valence-electron chi connectivity index (χ2n) is 3.89. The van der Waals surface area contributed by atoms with E-state index in [2.05, 4.69) is 4.98 Å². The van der Waals surface area contributed by atoms with Crippen LogP contribution in [0.15, 0.2) is 6.20 Å². The molecule has 9 heteroatoms. The van der Waals surface area contributed by atoms with E-state index in [-0.39, 0.29) is 11.3 Å². The minimum absolute atomic E-state index is 0.166. The van der Waals surface area contributed by atoms with Crippen LogP contribution < -0.4 is 5.73 Å². The lowest BCUT2D eigenvalue weighted by Crippen LogP contribution is -2.46. The molecule has 0 bridgehead atoms. The Kier molecular flexibility index (Phi) is 4.01. The lowest BCUT2D eigenvalue weighted by Gasteiger charge is -2.27. The van der Waals surface area contributed by atoms with E-state index in [1.807, 2.05) is 0 Å². The van der Waals surface area contributed by atoms with Gasteiger partial charge < -0.3 is 15.9 Å². The smallest absolute Gasteiger partial charge is 0.455 e. The van der Waals surface area contributed by atoms with Gasteiger partial charge in [0.25, 0.3) is 0 Å². The monoisotopic (exact) mass is 286 g/mol. The topological polar surface area (TPSA) is 79.4 Å². The molecular formula is C10H11F5N2O2. The summed E-state index contributed by atoms with van der Waals surface area (Å²) in [7, 11) is 0. The van der Waals surface area contributed by atoms with Crippen molar-refractivity contribution in [3.05, 3.63) is 23.0 Å². The van der Waals surface area contributed by atoms with Crippen LogP contribution in [0.4, 0.5) is 22.0 Å². The highest BCUT2D eigenvalue weighted by Crippen LogP contribution is 2.46. The van der Waals surface area contributed by atoms with Gasteiger partial charge in [0.2, 0.25) is 0 Å². The van der Waals surface area contributed by atoms with Gasteiger partial charge in [-0.25, -0.2) is 0 Å². The number of aliphatic hydroxyl groups excluding tert-OH is 1. The molecule has 0 fully saturated rings. The molecule has 0 saturated carbocycles. The summed E-state index contributed by atoms with van der Waals surface area (Å²) in [6, 6.07) is -2.84. The van der Waals surface area contributed by atoms with Crippen molar-refractivity contribution in [2.24, 2.45) is 5.73 Å². The minimum atomic E-state index is -5.87. The number of pyridine rings is 1. The number of hydrogen-bond donors (Lipinski definition) is 3. The Balaban J connectivity index is 3.42. The maximum atomic E-state index is 13.2. The molecule has 0 aliphatic heterocycles. The molecule has 0 amide bonds. The van der Waals surface area contributed by atoms with Gasteiger partial charge in [0, 0.05) is 17.3 Å². The molecule has 1 aromatic rings. The van der Waals surface area contributed by atoms with Gasteiger partial charge in [-0.3, -0.25) is 4.98 Å². The quantitative estimate of drug-likeness (QED) is 0.740. The lowest BCUT2D eigenvalue weighted by molar-refractivity contribution is -0.291. The third kappa shape index (κ3) is 2.61. The van der Waals surface area contributed by atoms with Crippen molar-refractivity contribution >= 4 is 0 Å². The summed E-state index contributed by atoms with van der Waals surface area (Å²) >= 11 is 0. The summed E-state index contributed by atoms with van der Waals surface area (Å²) in [5.41, 5.74) is 3.52. The van der Waals surface area contributed by atoms with Gasteiger partial charge in [-0.05, 0) is 6.92 Å². The van der Waals surface area contributed by atoms with Crippen LogP contribution in [-0.4, -0.2) is 27.3 Å². The van der Waals surface area contributed by atoms with Gasteiger partial charge >= 0.3 is 12.1 Å². The van der Waals surface area contributed by atoms with Crippen LogP contribution in [0.3, 0.4) is 0 Å². The van der Waals surface area contributed by atoms with Crippen molar-refractivity contribution in [1.82, 2.24) is 4.98 Å². The van der Waals surface area contributed by atoms with E-state index in [9.17, 15) is 27.1 Å². The number of halogens is 5. The normalized spacial score (nSPS) is 14.5. The number of alkyl halides is 5. The molecule has 1 aromatic heterocycles. The first-order chi connectivity index (χ1) is 8.54.